The highest BCUT2D eigenvalue weighted by Crippen LogP contribution is 2.22. The van der Waals surface area contributed by atoms with Crippen LogP contribution in [-0.2, 0) is 4.74 Å². The molecule has 1 saturated heterocycles. The lowest BCUT2D eigenvalue weighted by Crippen LogP contribution is -2.36. The van der Waals surface area contributed by atoms with E-state index in [0.717, 1.165) is 31.9 Å². The van der Waals surface area contributed by atoms with Gasteiger partial charge in [0.2, 0.25) is 0 Å². The van der Waals surface area contributed by atoms with Crippen LogP contribution in [0.25, 0.3) is 22.0 Å². The number of anilines is 1. The van der Waals surface area contributed by atoms with Crippen molar-refractivity contribution >= 4 is 39.3 Å². The first-order valence-corrected chi connectivity index (χ1v) is 8.88. The number of benzene rings is 2. The lowest BCUT2D eigenvalue weighted by molar-refractivity contribution is 0.122. The summed E-state index contributed by atoms with van der Waals surface area (Å²) in [7, 11) is 0. The Hall–Kier alpha value is -2.63. The van der Waals surface area contributed by atoms with Gasteiger partial charge in [0, 0.05) is 18.8 Å². The summed E-state index contributed by atoms with van der Waals surface area (Å²) in [5.41, 5.74) is 2.54. The summed E-state index contributed by atoms with van der Waals surface area (Å²) in [6.07, 6.45) is 1.80. The van der Waals surface area contributed by atoms with Crippen molar-refractivity contribution in [1.29, 1.82) is 0 Å². The monoisotopic (exact) mass is 367 g/mol. The Morgan fingerprint density at radius 2 is 1.85 bits per heavy atom. The molecule has 2 heterocycles. The topological polar surface area (TPSA) is 58.2 Å². The van der Waals surface area contributed by atoms with Crippen molar-refractivity contribution in [3.8, 4) is 0 Å². The van der Waals surface area contributed by atoms with Crippen LogP contribution in [0.4, 0.5) is 5.69 Å². The molecule has 0 unspecified atom stereocenters. The number of fused-ring (bicyclic) bond motifs is 1. The molecule has 1 aliphatic rings. The molecule has 0 bridgehead atoms. The number of halogens is 1. The van der Waals surface area contributed by atoms with E-state index in [1.807, 2.05) is 24.3 Å². The SMILES string of the molecule is O=c1[nH]c(/C(Cl)=C\c2ccc(N3CCOCC3)cc2)nc2ccccc12. The highest BCUT2D eigenvalue weighted by atomic mass is 35.5. The van der Waals surface area contributed by atoms with Gasteiger partial charge in [0.1, 0.15) is 0 Å². The third kappa shape index (κ3) is 3.49. The van der Waals surface area contributed by atoms with Gasteiger partial charge >= 0.3 is 0 Å². The van der Waals surface area contributed by atoms with Gasteiger partial charge < -0.3 is 14.6 Å². The number of aromatic amines is 1. The Balaban J connectivity index is 1.60. The summed E-state index contributed by atoms with van der Waals surface area (Å²) < 4.78 is 5.38. The largest absolute Gasteiger partial charge is 0.378 e. The smallest absolute Gasteiger partial charge is 0.259 e. The minimum atomic E-state index is -0.195. The lowest BCUT2D eigenvalue weighted by atomic mass is 10.1. The maximum atomic E-state index is 12.2. The standard InChI is InChI=1S/C20H18ClN3O2/c21-17(19-22-18-4-2-1-3-16(18)20(25)23-19)13-14-5-7-15(8-6-14)24-9-11-26-12-10-24/h1-8,13H,9-12H2,(H,22,23,25)/b17-13+. The molecule has 2 aromatic carbocycles. The van der Waals surface area contributed by atoms with E-state index in [2.05, 4.69) is 27.0 Å². The number of nitrogens with one attached hydrogen (secondary N) is 1. The fraction of sp³-hybridized carbons (Fsp3) is 0.200. The average Bonchev–Trinajstić information content (AvgIpc) is 2.69. The third-order valence-corrected chi connectivity index (χ3v) is 4.69. The van der Waals surface area contributed by atoms with Crippen molar-refractivity contribution in [2.45, 2.75) is 0 Å². The second-order valence-electron chi connectivity index (χ2n) is 6.11. The lowest BCUT2D eigenvalue weighted by Gasteiger charge is -2.28. The predicted molar refractivity (Wildman–Crippen MR) is 106 cm³/mol. The minimum Gasteiger partial charge on any atom is -0.378 e. The van der Waals surface area contributed by atoms with E-state index in [9.17, 15) is 4.79 Å². The van der Waals surface area contributed by atoms with E-state index in [1.165, 1.54) is 5.69 Å². The predicted octanol–water partition coefficient (Wildman–Crippen LogP) is 3.50. The van der Waals surface area contributed by atoms with E-state index in [-0.39, 0.29) is 5.56 Å². The number of morpholine rings is 1. The summed E-state index contributed by atoms with van der Waals surface area (Å²) in [5.74, 6) is 0.368. The van der Waals surface area contributed by atoms with Crippen molar-refractivity contribution < 1.29 is 4.74 Å². The van der Waals surface area contributed by atoms with Gasteiger partial charge in [-0.2, -0.15) is 0 Å². The van der Waals surface area contributed by atoms with E-state index in [0.29, 0.717) is 21.8 Å². The number of H-pyrrole nitrogens is 1. The number of aromatic nitrogens is 2. The average molecular weight is 368 g/mol. The molecule has 1 aliphatic heterocycles. The molecule has 0 spiro atoms. The van der Waals surface area contributed by atoms with Crippen molar-refractivity contribution in [2.75, 3.05) is 31.2 Å². The van der Waals surface area contributed by atoms with Crippen molar-refractivity contribution in [2.24, 2.45) is 0 Å². The number of ether oxygens (including phenoxy) is 1. The van der Waals surface area contributed by atoms with Crippen LogP contribution in [0.5, 0.6) is 0 Å². The van der Waals surface area contributed by atoms with Crippen molar-refractivity contribution in [1.82, 2.24) is 9.97 Å². The molecule has 3 aromatic rings. The van der Waals surface area contributed by atoms with Gasteiger partial charge in [-0.1, -0.05) is 35.9 Å². The van der Waals surface area contributed by atoms with Crippen LogP contribution in [0.1, 0.15) is 11.4 Å². The molecule has 26 heavy (non-hydrogen) atoms. The maximum Gasteiger partial charge on any atom is 0.259 e. The summed E-state index contributed by atoms with van der Waals surface area (Å²) in [5, 5.41) is 0.947. The summed E-state index contributed by atoms with van der Waals surface area (Å²) >= 11 is 6.40. The number of hydrogen-bond acceptors (Lipinski definition) is 4. The minimum absolute atomic E-state index is 0.195. The Morgan fingerprint density at radius 1 is 1.12 bits per heavy atom. The number of rotatable bonds is 3. The van der Waals surface area contributed by atoms with Gasteiger partial charge in [-0.25, -0.2) is 4.98 Å². The van der Waals surface area contributed by atoms with E-state index >= 15 is 0 Å². The fourth-order valence-electron chi connectivity index (χ4n) is 3.02. The Morgan fingerprint density at radius 3 is 2.62 bits per heavy atom. The van der Waals surface area contributed by atoms with Crippen LogP contribution in [-0.4, -0.2) is 36.3 Å². The molecule has 132 valence electrons. The van der Waals surface area contributed by atoms with Gasteiger partial charge in [0.15, 0.2) is 5.82 Å². The normalized spacial score (nSPS) is 15.4. The molecule has 5 nitrogen and oxygen atoms in total. The van der Waals surface area contributed by atoms with Gasteiger partial charge in [0.05, 0.1) is 29.1 Å². The number of nitrogens with zero attached hydrogens (tertiary/aromatic N) is 2. The van der Waals surface area contributed by atoms with Gasteiger partial charge in [0.25, 0.3) is 5.56 Å². The third-order valence-electron chi connectivity index (χ3n) is 4.40. The molecule has 0 radical (unpaired) electrons. The second kappa shape index (κ2) is 7.32. The first-order chi connectivity index (χ1) is 12.7. The Bertz CT molecular complexity index is 1010. The zero-order valence-corrected chi connectivity index (χ0v) is 14.9. The van der Waals surface area contributed by atoms with Gasteiger partial charge in [-0.3, -0.25) is 4.79 Å². The van der Waals surface area contributed by atoms with E-state index < -0.39 is 0 Å². The zero-order chi connectivity index (χ0) is 17.9. The summed E-state index contributed by atoms with van der Waals surface area (Å²) in [6.45, 7) is 3.32. The molecule has 0 atom stereocenters. The quantitative estimate of drug-likeness (QED) is 0.769. The molecule has 4 rings (SSSR count). The molecule has 6 heteroatoms. The first kappa shape index (κ1) is 16.8. The molecular formula is C20H18ClN3O2. The van der Waals surface area contributed by atoms with Crippen LogP contribution in [0.15, 0.2) is 53.3 Å². The number of para-hydroxylation sites is 1. The Labute approximate surface area is 155 Å². The Kier molecular flexibility index (Phi) is 4.73. The summed E-state index contributed by atoms with van der Waals surface area (Å²) in [6, 6.07) is 15.4. The van der Waals surface area contributed by atoms with Crippen molar-refractivity contribution in [3.63, 3.8) is 0 Å². The van der Waals surface area contributed by atoms with Crippen LogP contribution in [0.3, 0.4) is 0 Å². The van der Waals surface area contributed by atoms with Gasteiger partial charge in [-0.15, -0.1) is 0 Å². The molecule has 1 fully saturated rings. The van der Waals surface area contributed by atoms with E-state index in [4.69, 9.17) is 16.3 Å². The molecule has 0 amide bonds. The van der Waals surface area contributed by atoms with Crippen LogP contribution in [0, 0.1) is 0 Å². The summed E-state index contributed by atoms with van der Waals surface area (Å²) in [4.78, 5) is 21.7. The molecule has 1 N–H and O–H groups in total. The molecule has 0 saturated carbocycles. The highest BCUT2D eigenvalue weighted by molar-refractivity contribution is 6.50. The number of hydrogen-bond donors (Lipinski definition) is 1. The van der Waals surface area contributed by atoms with Crippen LogP contribution < -0.4 is 10.5 Å². The zero-order valence-electron chi connectivity index (χ0n) is 14.1. The second-order valence-corrected chi connectivity index (χ2v) is 6.52. The van der Waals surface area contributed by atoms with E-state index in [1.54, 1.807) is 18.2 Å². The molecular weight excluding hydrogens is 350 g/mol. The molecule has 0 aliphatic carbocycles. The van der Waals surface area contributed by atoms with Crippen LogP contribution >= 0.6 is 11.6 Å². The first-order valence-electron chi connectivity index (χ1n) is 8.50. The maximum absolute atomic E-state index is 12.2. The van der Waals surface area contributed by atoms with Crippen LogP contribution in [0.2, 0.25) is 0 Å². The molecule has 1 aromatic heterocycles. The highest BCUT2D eigenvalue weighted by Gasteiger charge is 2.11. The van der Waals surface area contributed by atoms with Gasteiger partial charge in [-0.05, 0) is 35.9 Å². The fourth-order valence-corrected chi connectivity index (χ4v) is 3.23. The van der Waals surface area contributed by atoms with Crippen molar-refractivity contribution in [3.05, 3.63) is 70.3 Å².